The first-order valence-corrected chi connectivity index (χ1v) is 3.92. The summed E-state index contributed by atoms with van der Waals surface area (Å²) >= 11 is 5.45. The zero-order chi connectivity index (χ0) is 9.26. The molecule has 1 aromatic carbocycles. The molecule has 0 saturated heterocycles. The minimum Gasteiger partial charge on any atom is -0.508 e. The smallest absolute Gasteiger partial charge is 0.313 e. The van der Waals surface area contributed by atoms with E-state index in [0.717, 1.165) is 5.56 Å². The number of benzene rings is 1. The second kappa shape index (κ2) is 3.06. The van der Waals surface area contributed by atoms with Gasteiger partial charge >= 0.3 is 5.35 Å². The molecule has 4 nitrogen and oxygen atoms in total. The summed E-state index contributed by atoms with van der Waals surface area (Å²) in [6, 6.07) is 6.40. The number of nitrogens with zero attached hydrogens (tertiary/aromatic N) is 2. The molecule has 0 radical (unpaired) electrons. The lowest BCUT2D eigenvalue weighted by atomic mass is 10.2. The van der Waals surface area contributed by atoms with Crippen molar-refractivity contribution in [3.8, 4) is 17.2 Å². The van der Waals surface area contributed by atoms with Crippen molar-refractivity contribution in [3.05, 3.63) is 29.6 Å². The van der Waals surface area contributed by atoms with Crippen LogP contribution in [0, 0.1) is 0 Å². The second-order valence-corrected chi connectivity index (χ2v) is 2.73. The molecule has 0 aliphatic heterocycles. The number of phenols is 1. The molecule has 13 heavy (non-hydrogen) atoms. The lowest BCUT2D eigenvalue weighted by molar-refractivity contribution is 0.475. The number of phenolic OH excluding ortho intramolecular Hbond substituents is 1. The number of rotatable bonds is 1. The minimum atomic E-state index is 0.00285. The van der Waals surface area contributed by atoms with E-state index in [-0.39, 0.29) is 11.1 Å². The third-order valence-corrected chi connectivity index (χ3v) is 1.67. The molecule has 0 aliphatic rings. The molecule has 0 bridgehead atoms. The summed E-state index contributed by atoms with van der Waals surface area (Å²) in [5, 5.41) is 16.2. The van der Waals surface area contributed by atoms with Crippen molar-refractivity contribution in [2.75, 3.05) is 0 Å². The summed E-state index contributed by atoms with van der Waals surface area (Å²) in [6.45, 7) is 0. The zero-order valence-electron chi connectivity index (χ0n) is 6.44. The predicted octanol–water partition coefficient (Wildman–Crippen LogP) is 2.10. The minimum absolute atomic E-state index is 0.00285. The SMILES string of the molecule is Oc1ccc(-c2nnc(Cl)o2)cc1. The molecule has 5 heteroatoms. The van der Waals surface area contributed by atoms with Crippen molar-refractivity contribution in [2.45, 2.75) is 0 Å². The summed E-state index contributed by atoms with van der Waals surface area (Å²) in [5.74, 6) is 0.527. The largest absolute Gasteiger partial charge is 0.508 e. The Morgan fingerprint density at radius 3 is 2.38 bits per heavy atom. The number of hydrogen-bond acceptors (Lipinski definition) is 4. The van der Waals surface area contributed by atoms with E-state index in [4.69, 9.17) is 21.1 Å². The van der Waals surface area contributed by atoms with E-state index < -0.39 is 0 Å². The van der Waals surface area contributed by atoms with Gasteiger partial charge in [0.05, 0.1) is 0 Å². The van der Waals surface area contributed by atoms with Crippen LogP contribution in [0.5, 0.6) is 5.75 Å². The third-order valence-electron chi connectivity index (χ3n) is 1.51. The molecule has 1 N–H and O–H groups in total. The van der Waals surface area contributed by atoms with Crippen molar-refractivity contribution in [1.29, 1.82) is 0 Å². The molecule has 2 aromatic rings. The molecule has 0 saturated carbocycles. The van der Waals surface area contributed by atoms with Crippen molar-refractivity contribution in [3.63, 3.8) is 0 Å². The van der Waals surface area contributed by atoms with Gasteiger partial charge in [0.15, 0.2) is 0 Å². The van der Waals surface area contributed by atoms with Crippen LogP contribution >= 0.6 is 11.6 Å². The number of aromatic hydroxyl groups is 1. The van der Waals surface area contributed by atoms with E-state index in [1.807, 2.05) is 0 Å². The standard InChI is InChI=1S/C8H5ClN2O2/c9-8-11-10-7(13-8)5-1-3-6(12)4-2-5/h1-4,12H. The highest BCUT2D eigenvalue weighted by Crippen LogP contribution is 2.21. The van der Waals surface area contributed by atoms with E-state index in [1.54, 1.807) is 12.1 Å². The number of hydrogen-bond donors (Lipinski definition) is 1. The van der Waals surface area contributed by atoms with Crippen molar-refractivity contribution < 1.29 is 9.52 Å². The van der Waals surface area contributed by atoms with E-state index in [2.05, 4.69) is 10.2 Å². The van der Waals surface area contributed by atoms with Gasteiger partial charge in [-0.15, -0.1) is 5.10 Å². The maximum atomic E-state index is 9.02. The Hall–Kier alpha value is -1.55. The van der Waals surface area contributed by atoms with E-state index in [9.17, 15) is 0 Å². The topological polar surface area (TPSA) is 59.2 Å². The Morgan fingerprint density at radius 1 is 1.15 bits per heavy atom. The number of halogens is 1. The van der Waals surface area contributed by atoms with Crippen LogP contribution in [0.1, 0.15) is 0 Å². The van der Waals surface area contributed by atoms with Gasteiger partial charge in [-0.3, -0.25) is 0 Å². The molecular weight excluding hydrogens is 192 g/mol. The van der Waals surface area contributed by atoms with E-state index in [0.29, 0.717) is 5.89 Å². The molecule has 0 spiro atoms. The summed E-state index contributed by atoms with van der Waals surface area (Å²) in [4.78, 5) is 0. The van der Waals surface area contributed by atoms with Gasteiger partial charge in [-0.05, 0) is 35.9 Å². The molecule has 2 rings (SSSR count). The summed E-state index contributed by atoms with van der Waals surface area (Å²) in [5.41, 5.74) is 0.720. The molecule has 0 unspecified atom stereocenters. The Bertz CT molecular complexity index is 410. The highest BCUT2D eigenvalue weighted by Gasteiger charge is 2.05. The van der Waals surface area contributed by atoms with Crippen LogP contribution in [-0.4, -0.2) is 15.3 Å². The first-order valence-electron chi connectivity index (χ1n) is 3.54. The molecule has 0 fully saturated rings. The highest BCUT2D eigenvalue weighted by molar-refractivity contribution is 6.27. The molecule has 66 valence electrons. The monoisotopic (exact) mass is 196 g/mol. The molecular formula is C8H5ClN2O2. The summed E-state index contributed by atoms with van der Waals surface area (Å²) < 4.78 is 4.97. The van der Waals surface area contributed by atoms with Crippen molar-refractivity contribution in [1.82, 2.24) is 10.2 Å². The van der Waals surface area contributed by atoms with Gasteiger partial charge in [-0.2, -0.15) is 0 Å². The van der Waals surface area contributed by atoms with Gasteiger partial charge < -0.3 is 9.52 Å². The lowest BCUT2D eigenvalue weighted by Gasteiger charge is -1.93. The van der Waals surface area contributed by atoms with Crippen LogP contribution in [0.3, 0.4) is 0 Å². The van der Waals surface area contributed by atoms with Crippen molar-refractivity contribution >= 4 is 11.6 Å². The first-order chi connectivity index (χ1) is 6.25. The maximum absolute atomic E-state index is 9.02. The van der Waals surface area contributed by atoms with Crippen molar-refractivity contribution in [2.24, 2.45) is 0 Å². The maximum Gasteiger partial charge on any atom is 0.313 e. The molecule has 0 atom stereocenters. The number of aromatic nitrogens is 2. The molecule has 0 amide bonds. The van der Waals surface area contributed by atoms with Crippen LogP contribution in [0.15, 0.2) is 28.7 Å². The van der Waals surface area contributed by atoms with Crippen LogP contribution in [0.4, 0.5) is 0 Å². The third kappa shape index (κ3) is 1.62. The van der Waals surface area contributed by atoms with Gasteiger partial charge in [0.2, 0.25) is 5.89 Å². The predicted molar refractivity (Wildman–Crippen MR) is 46.4 cm³/mol. The van der Waals surface area contributed by atoms with Crippen LogP contribution < -0.4 is 0 Å². The highest BCUT2D eigenvalue weighted by atomic mass is 35.5. The molecule has 1 heterocycles. The van der Waals surface area contributed by atoms with E-state index >= 15 is 0 Å². The Balaban J connectivity index is 2.41. The molecule has 1 aromatic heterocycles. The van der Waals surface area contributed by atoms with Gasteiger partial charge in [0, 0.05) is 5.56 Å². The summed E-state index contributed by atoms with van der Waals surface area (Å²) in [7, 11) is 0. The second-order valence-electron chi connectivity index (χ2n) is 2.41. The normalized spacial score (nSPS) is 10.2. The first kappa shape index (κ1) is 8.07. The van der Waals surface area contributed by atoms with Crippen LogP contribution in [-0.2, 0) is 0 Å². The summed E-state index contributed by atoms with van der Waals surface area (Å²) in [6.07, 6.45) is 0. The van der Waals surface area contributed by atoms with Gasteiger partial charge in [0.25, 0.3) is 0 Å². The average molecular weight is 197 g/mol. The van der Waals surface area contributed by atoms with E-state index in [1.165, 1.54) is 12.1 Å². The average Bonchev–Trinajstić information content (AvgIpc) is 2.53. The zero-order valence-corrected chi connectivity index (χ0v) is 7.19. The van der Waals surface area contributed by atoms with Crippen LogP contribution in [0.25, 0.3) is 11.5 Å². The molecule has 0 aliphatic carbocycles. The van der Waals surface area contributed by atoms with Gasteiger partial charge in [-0.1, -0.05) is 5.10 Å². The van der Waals surface area contributed by atoms with Gasteiger partial charge in [0.1, 0.15) is 5.75 Å². The fraction of sp³-hybridized carbons (Fsp3) is 0. The quantitative estimate of drug-likeness (QED) is 0.759. The Kier molecular flexibility index (Phi) is 1.90. The lowest BCUT2D eigenvalue weighted by Crippen LogP contribution is -1.76. The fourth-order valence-corrected chi connectivity index (χ4v) is 1.04. The Morgan fingerprint density at radius 2 is 1.85 bits per heavy atom. The fourth-order valence-electron chi connectivity index (χ4n) is 0.926. The van der Waals surface area contributed by atoms with Gasteiger partial charge in [-0.25, -0.2) is 0 Å². The van der Waals surface area contributed by atoms with Crippen LogP contribution in [0.2, 0.25) is 5.35 Å². The Labute approximate surface area is 78.8 Å².